The summed E-state index contributed by atoms with van der Waals surface area (Å²) < 4.78 is 40.5. The van der Waals surface area contributed by atoms with Crippen LogP contribution in [0.15, 0.2) is 41.4 Å². The van der Waals surface area contributed by atoms with Gasteiger partial charge in [0.05, 0.1) is 0 Å². The van der Waals surface area contributed by atoms with Crippen LogP contribution in [-0.4, -0.2) is 26.4 Å². The summed E-state index contributed by atoms with van der Waals surface area (Å²) in [6.07, 6.45) is 0. The molecule has 0 unspecified atom stereocenters. The lowest BCUT2D eigenvalue weighted by Crippen LogP contribution is -2.36. The van der Waals surface area contributed by atoms with Crippen LogP contribution in [0.4, 0.5) is 8.78 Å². The first-order valence-corrected chi connectivity index (χ1v) is 8.49. The Hall–Kier alpha value is -2.01. The second-order valence-electron chi connectivity index (χ2n) is 5.60. The predicted molar refractivity (Wildman–Crippen MR) is 113 cm³/mol. The normalized spacial score (nSPS) is 12.5. The van der Waals surface area contributed by atoms with Crippen molar-refractivity contribution in [2.24, 2.45) is 4.99 Å². The van der Waals surface area contributed by atoms with E-state index in [2.05, 4.69) is 20.4 Å². The summed E-state index contributed by atoms with van der Waals surface area (Å²) in [4.78, 5) is 4.12. The number of rotatable bonds is 6. The number of fused-ring (bicyclic) bond motifs is 1. The fourth-order valence-corrected chi connectivity index (χ4v) is 2.62. The molecule has 0 aromatic heterocycles. The number of ether oxygens (including phenoxy) is 3. The molecule has 152 valence electrons. The van der Waals surface area contributed by atoms with Crippen molar-refractivity contribution in [1.29, 1.82) is 0 Å². The molecule has 1 heterocycles. The van der Waals surface area contributed by atoms with Gasteiger partial charge >= 0.3 is 6.61 Å². The molecule has 0 fully saturated rings. The van der Waals surface area contributed by atoms with E-state index < -0.39 is 6.61 Å². The van der Waals surface area contributed by atoms with Crippen molar-refractivity contribution in [3.63, 3.8) is 0 Å². The van der Waals surface area contributed by atoms with Gasteiger partial charge in [-0.25, -0.2) is 0 Å². The second-order valence-corrected chi connectivity index (χ2v) is 6.03. The Morgan fingerprint density at radius 2 is 1.79 bits per heavy atom. The third kappa shape index (κ3) is 5.99. The van der Waals surface area contributed by atoms with Gasteiger partial charge in [-0.2, -0.15) is 8.78 Å². The van der Waals surface area contributed by atoms with Crippen molar-refractivity contribution in [2.45, 2.75) is 19.7 Å². The molecule has 2 aromatic carbocycles. The summed E-state index contributed by atoms with van der Waals surface area (Å²) in [5, 5.41) is 6.87. The highest BCUT2D eigenvalue weighted by Gasteiger charge is 2.20. The van der Waals surface area contributed by atoms with Crippen LogP contribution in [-0.2, 0) is 13.1 Å². The van der Waals surface area contributed by atoms with E-state index in [1.54, 1.807) is 25.2 Å². The molecule has 3 rings (SSSR count). The molecule has 0 radical (unpaired) electrons. The van der Waals surface area contributed by atoms with Gasteiger partial charge in [0.15, 0.2) is 17.5 Å². The molecule has 0 aliphatic carbocycles. The predicted octanol–water partition coefficient (Wildman–Crippen LogP) is 4.15. The molecule has 0 spiro atoms. The topological polar surface area (TPSA) is 64.1 Å². The van der Waals surface area contributed by atoms with E-state index in [0.29, 0.717) is 34.6 Å². The average molecular weight is 526 g/mol. The zero-order valence-electron chi connectivity index (χ0n) is 14.9. The van der Waals surface area contributed by atoms with Crippen molar-refractivity contribution in [1.82, 2.24) is 10.6 Å². The SMILES string of the molecule is CN=C(NCc1ccc(Cl)cc1)NCc1cc2c(cc1OC(F)F)OCO2.I. The number of halogens is 4. The van der Waals surface area contributed by atoms with Gasteiger partial charge in [-0.05, 0) is 23.8 Å². The Kier molecular flexibility index (Phi) is 8.36. The maximum absolute atomic E-state index is 12.7. The number of alkyl halides is 2. The van der Waals surface area contributed by atoms with Crippen LogP contribution in [0.5, 0.6) is 17.2 Å². The highest BCUT2D eigenvalue weighted by molar-refractivity contribution is 14.0. The van der Waals surface area contributed by atoms with Crippen molar-refractivity contribution < 1.29 is 23.0 Å². The molecule has 0 saturated carbocycles. The molecular weight excluding hydrogens is 507 g/mol. The summed E-state index contributed by atoms with van der Waals surface area (Å²) in [5.74, 6) is 1.39. The van der Waals surface area contributed by atoms with Crippen molar-refractivity contribution in [2.75, 3.05) is 13.8 Å². The zero-order chi connectivity index (χ0) is 19.2. The number of hydrogen-bond acceptors (Lipinski definition) is 4. The van der Waals surface area contributed by atoms with Crippen LogP contribution in [0.1, 0.15) is 11.1 Å². The Bertz CT molecular complexity index is 822. The van der Waals surface area contributed by atoms with Gasteiger partial charge in [-0.15, -0.1) is 24.0 Å². The molecule has 6 nitrogen and oxygen atoms in total. The molecule has 0 atom stereocenters. The maximum atomic E-state index is 12.7. The summed E-state index contributed by atoms with van der Waals surface area (Å²) in [7, 11) is 1.62. The molecule has 0 bridgehead atoms. The van der Waals surface area contributed by atoms with E-state index in [9.17, 15) is 8.78 Å². The van der Waals surface area contributed by atoms with Gasteiger partial charge < -0.3 is 24.8 Å². The van der Waals surface area contributed by atoms with Crippen molar-refractivity contribution in [3.8, 4) is 17.2 Å². The third-order valence-electron chi connectivity index (χ3n) is 3.81. The minimum Gasteiger partial charge on any atom is -0.454 e. The van der Waals surface area contributed by atoms with Gasteiger partial charge in [-0.3, -0.25) is 4.99 Å². The lowest BCUT2D eigenvalue weighted by atomic mass is 10.1. The Morgan fingerprint density at radius 1 is 1.14 bits per heavy atom. The molecule has 1 aliphatic heterocycles. The van der Waals surface area contributed by atoms with Crippen LogP contribution in [0.2, 0.25) is 5.02 Å². The van der Waals surface area contributed by atoms with E-state index in [4.69, 9.17) is 21.1 Å². The number of nitrogens with one attached hydrogen (secondary N) is 2. The van der Waals surface area contributed by atoms with Crippen molar-refractivity contribution in [3.05, 3.63) is 52.5 Å². The molecule has 1 aliphatic rings. The summed E-state index contributed by atoms with van der Waals surface area (Å²) >= 11 is 5.87. The first kappa shape index (κ1) is 22.3. The number of aliphatic imine (C=N–C) groups is 1. The smallest absolute Gasteiger partial charge is 0.387 e. The van der Waals surface area contributed by atoms with E-state index in [1.807, 2.05) is 12.1 Å². The fraction of sp³-hybridized carbons (Fsp3) is 0.278. The van der Waals surface area contributed by atoms with E-state index >= 15 is 0 Å². The first-order chi connectivity index (χ1) is 13.0. The van der Waals surface area contributed by atoms with Crippen LogP contribution in [0.25, 0.3) is 0 Å². The highest BCUT2D eigenvalue weighted by atomic mass is 127. The van der Waals surface area contributed by atoms with Crippen LogP contribution in [0.3, 0.4) is 0 Å². The summed E-state index contributed by atoms with van der Waals surface area (Å²) in [6, 6.07) is 10.4. The van der Waals surface area contributed by atoms with E-state index in [1.165, 1.54) is 6.07 Å². The lowest BCUT2D eigenvalue weighted by molar-refractivity contribution is -0.0505. The Morgan fingerprint density at radius 3 is 2.43 bits per heavy atom. The van der Waals surface area contributed by atoms with E-state index in [0.717, 1.165) is 5.56 Å². The van der Waals surface area contributed by atoms with Crippen LogP contribution in [0, 0.1) is 0 Å². The first-order valence-electron chi connectivity index (χ1n) is 8.11. The monoisotopic (exact) mass is 525 g/mol. The van der Waals surface area contributed by atoms with Crippen molar-refractivity contribution >= 4 is 41.5 Å². The van der Waals surface area contributed by atoms with E-state index in [-0.39, 0.29) is 43.1 Å². The van der Waals surface area contributed by atoms with Gasteiger partial charge in [0.2, 0.25) is 6.79 Å². The average Bonchev–Trinajstić information content (AvgIpc) is 3.10. The third-order valence-corrected chi connectivity index (χ3v) is 4.07. The quantitative estimate of drug-likeness (QED) is 0.337. The minimum atomic E-state index is -2.94. The number of nitrogens with zero attached hydrogens (tertiary/aromatic N) is 1. The van der Waals surface area contributed by atoms with Crippen LogP contribution >= 0.6 is 35.6 Å². The zero-order valence-corrected chi connectivity index (χ0v) is 18.0. The van der Waals surface area contributed by atoms with Gasteiger partial charge in [0, 0.05) is 36.8 Å². The Labute approximate surface area is 183 Å². The lowest BCUT2D eigenvalue weighted by Gasteiger charge is -2.15. The van der Waals surface area contributed by atoms with Gasteiger partial charge in [-0.1, -0.05) is 23.7 Å². The molecule has 2 N–H and O–H groups in total. The number of guanidine groups is 1. The number of benzene rings is 2. The summed E-state index contributed by atoms with van der Waals surface area (Å²) in [6.45, 7) is -2.16. The largest absolute Gasteiger partial charge is 0.454 e. The number of hydrogen-bond donors (Lipinski definition) is 2. The molecule has 10 heteroatoms. The standard InChI is InChI=1S/C18H18ClF2N3O3.HI/c1-22-18(23-8-11-2-4-13(19)5-3-11)24-9-12-6-15-16(26-10-25-15)7-14(12)27-17(20)21;/h2-7,17H,8-10H2,1H3,(H2,22,23,24);1H. The maximum Gasteiger partial charge on any atom is 0.387 e. The molecule has 0 amide bonds. The van der Waals surface area contributed by atoms with Gasteiger partial charge in [0.25, 0.3) is 0 Å². The van der Waals surface area contributed by atoms with Gasteiger partial charge in [0.1, 0.15) is 5.75 Å². The Balaban J connectivity index is 0.00000280. The summed E-state index contributed by atoms with van der Waals surface area (Å²) in [5.41, 5.74) is 1.51. The molecular formula is C18H19ClF2IN3O3. The second kappa shape index (κ2) is 10.5. The molecule has 28 heavy (non-hydrogen) atoms. The molecule has 2 aromatic rings. The highest BCUT2D eigenvalue weighted by Crippen LogP contribution is 2.38. The molecule has 0 saturated heterocycles. The minimum absolute atomic E-state index is 0. The van der Waals surface area contributed by atoms with Crippen LogP contribution < -0.4 is 24.8 Å². The fourth-order valence-electron chi connectivity index (χ4n) is 2.50.